The van der Waals surface area contributed by atoms with Gasteiger partial charge >= 0.3 is 0 Å². The zero-order valence-corrected chi connectivity index (χ0v) is 24.3. The fourth-order valence-corrected chi connectivity index (χ4v) is 5.28. The highest BCUT2D eigenvalue weighted by molar-refractivity contribution is 7.89. The quantitative estimate of drug-likeness (QED) is 0.202. The van der Waals surface area contributed by atoms with E-state index in [1.165, 1.54) is 28.9 Å². The van der Waals surface area contributed by atoms with Crippen molar-refractivity contribution in [3.63, 3.8) is 0 Å². The minimum Gasteiger partial charge on any atom is -0.504 e. The van der Waals surface area contributed by atoms with E-state index >= 15 is 0 Å². The largest absolute Gasteiger partial charge is 0.504 e. The summed E-state index contributed by atoms with van der Waals surface area (Å²) in [7, 11) is 1.26. The van der Waals surface area contributed by atoms with Crippen molar-refractivity contribution in [3.8, 4) is 5.75 Å². The van der Waals surface area contributed by atoms with Crippen LogP contribution in [0.15, 0.2) is 72.1 Å². The van der Waals surface area contributed by atoms with Gasteiger partial charge in [0.25, 0.3) is 0 Å². The van der Waals surface area contributed by atoms with Gasteiger partial charge in [-0.1, -0.05) is 0 Å². The Morgan fingerprint density at radius 2 is 1.76 bits per heavy atom. The maximum Gasteiger partial charge on any atom is 0.249 e. The van der Waals surface area contributed by atoms with Crippen molar-refractivity contribution >= 4 is 82.7 Å². The summed E-state index contributed by atoms with van der Waals surface area (Å²) in [5.74, 6) is 0.675. The molecule has 210 valence electrons. The lowest BCUT2D eigenvalue weighted by Crippen LogP contribution is -2.11. The molecule has 0 saturated heterocycles. The molecule has 41 heavy (non-hydrogen) atoms. The number of fused-ring (bicyclic) bond motifs is 1. The molecular weight excluding hydrogens is 591 g/mol. The first-order valence-corrected chi connectivity index (χ1v) is 14.6. The molecule has 3 heterocycles. The van der Waals surface area contributed by atoms with E-state index in [1.54, 1.807) is 45.2 Å². The summed E-state index contributed by atoms with van der Waals surface area (Å²) >= 11 is 2.08. The average Bonchev–Trinajstić information content (AvgIpc) is 3.64. The molecule has 19 heteroatoms. The number of primary sulfonamides is 1. The predicted molar refractivity (Wildman–Crippen MR) is 154 cm³/mol. The molecule has 5 aromatic rings. The highest BCUT2D eigenvalue weighted by atomic mass is 32.2. The molecule has 0 fully saturated rings. The molecule has 0 aliphatic heterocycles. The Bertz CT molecular complexity index is 1960. The number of benzene rings is 2. The molecule has 0 spiro atoms. The van der Waals surface area contributed by atoms with E-state index in [0.717, 1.165) is 23.1 Å². The number of sulfonamides is 1. The summed E-state index contributed by atoms with van der Waals surface area (Å²) in [5, 5.41) is 47.2. The van der Waals surface area contributed by atoms with Crippen LogP contribution in [0.4, 0.5) is 38.7 Å². The van der Waals surface area contributed by atoms with Crippen molar-refractivity contribution in [2.24, 2.45) is 42.9 Å². The zero-order chi connectivity index (χ0) is 29.3. The van der Waals surface area contributed by atoms with Crippen LogP contribution in [0.2, 0.25) is 0 Å². The van der Waals surface area contributed by atoms with Crippen molar-refractivity contribution in [3.05, 3.63) is 42.4 Å². The van der Waals surface area contributed by atoms with Crippen LogP contribution < -0.4 is 10.0 Å². The number of phenolic OH excluding ortho intramolecular Hbond substituents is 1. The number of aryl methyl sites for hydroxylation is 2. The standard InChI is InChI=1S/C22H21N13O3S3/c1-11-25-22(40-32-11)31-26-15-10-16(20(36)18(19(15)34(2)3)29-28-17-7-8-24-35(17)4)27-30-21-13-9-12(41(23,37)38)5-6-14(13)33-39-21/h5-10,36H,1-4H3,(H2,23,37,38). The first-order valence-electron chi connectivity index (χ1n) is 11.5. The first kappa shape index (κ1) is 28.0. The minimum atomic E-state index is -3.94. The number of hydrogen-bond donors (Lipinski definition) is 2. The third kappa shape index (κ3) is 5.96. The predicted octanol–water partition coefficient (Wildman–Crippen LogP) is 5.85. The van der Waals surface area contributed by atoms with Gasteiger partial charge in [-0.3, -0.25) is 0 Å². The van der Waals surface area contributed by atoms with E-state index in [9.17, 15) is 13.5 Å². The van der Waals surface area contributed by atoms with Crippen LogP contribution in [0.25, 0.3) is 10.9 Å². The summed E-state index contributed by atoms with van der Waals surface area (Å²) in [4.78, 5) is 5.81. The Labute approximate surface area is 241 Å². The Morgan fingerprint density at radius 1 is 0.976 bits per heavy atom. The van der Waals surface area contributed by atoms with Gasteiger partial charge in [0.1, 0.15) is 17.2 Å². The molecule has 0 unspecified atom stereocenters. The van der Waals surface area contributed by atoms with Crippen molar-refractivity contribution in [1.82, 2.24) is 23.5 Å². The molecule has 16 nitrogen and oxygen atoms in total. The fourth-order valence-electron chi connectivity index (χ4n) is 3.55. The molecule has 0 bridgehead atoms. The van der Waals surface area contributed by atoms with E-state index in [4.69, 9.17) is 5.14 Å². The number of aromatic hydroxyl groups is 1. The topological polar surface area (TPSA) is 214 Å². The summed E-state index contributed by atoms with van der Waals surface area (Å²) in [5.41, 5.74) is 1.26. The number of hydrogen-bond acceptors (Lipinski definition) is 16. The van der Waals surface area contributed by atoms with Crippen molar-refractivity contribution < 1.29 is 13.5 Å². The summed E-state index contributed by atoms with van der Waals surface area (Å²) in [6.07, 6.45) is 1.57. The number of nitrogens with two attached hydrogens (primary N) is 1. The number of anilines is 1. The SMILES string of the molecule is Cc1nsc(N=Nc2cc(N=Nc3snc4ccc(S(N)(=O)=O)cc34)c(O)c(N=Nc3ccnn3C)c2N(C)C)n1. The number of aromatic nitrogens is 5. The Balaban J connectivity index is 1.65. The van der Waals surface area contributed by atoms with Gasteiger partial charge < -0.3 is 10.0 Å². The lowest BCUT2D eigenvalue weighted by molar-refractivity contribution is 0.477. The fraction of sp³-hybridized carbons (Fsp3) is 0.182. The second-order valence-electron chi connectivity index (χ2n) is 8.60. The van der Waals surface area contributed by atoms with Gasteiger partial charge in [0.15, 0.2) is 22.3 Å². The van der Waals surface area contributed by atoms with Crippen LogP contribution in [0, 0.1) is 6.92 Å². The molecule has 3 N–H and O–H groups in total. The van der Waals surface area contributed by atoms with Gasteiger partial charge in [0.2, 0.25) is 15.2 Å². The van der Waals surface area contributed by atoms with E-state index in [0.29, 0.717) is 44.1 Å². The minimum absolute atomic E-state index is 0.00102. The van der Waals surface area contributed by atoms with E-state index < -0.39 is 10.0 Å². The van der Waals surface area contributed by atoms with Crippen molar-refractivity contribution in [1.29, 1.82) is 0 Å². The smallest absolute Gasteiger partial charge is 0.249 e. The van der Waals surface area contributed by atoms with Crippen LogP contribution in [-0.2, 0) is 17.1 Å². The average molecular weight is 612 g/mol. The third-order valence-electron chi connectivity index (χ3n) is 5.47. The lowest BCUT2D eigenvalue weighted by Gasteiger charge is -2.18. The van der Waals surface area contributed by atoms with Gasteiger partial charge in [0, 0.05) is 44.1 Å². The normalized spacial score (nSPS) is 12.5. The number of azo groups is 3. The summed E-state index contributed by atoms with van der Waals surface area (Å²) in [6, 6.07) is 7.39. The maximum absolute atomic E-state index is 11.8. The highest BCUT2D eigenvalue weighted by Crippen LogP contribution is 2.50. The van der Waals surface area contributed by atoms with E-state index in [1.807, 2.05) is 0 Å². The Kier molecular flexibility index (Phi) is 7.58. The van der Waals surface area contributed by atoms with Crippen LogP contribution >= 0.6 is 23.1 Å². The van der Waals surface area contributed by atoms with Crippen LogP contribution in [-0.4, -0.2) is 51.1 Å². The van der Waals surface area contributed by atoms with Crippen molar-refractivity contribution in [2.75, 3.05) is 19.0 Å². The number of nitrogens with zero attached hydrogens (tertiary/aromatic N) is 12. The third-order valence-corrected chi connectivity index (χ3v) is 7.83. The summed E-state index contributed by atoms with van der Waals surface area (Å²) in [6.45, 7) is 1.74. The molecule has 3 aromatic heterocycles. The zero-order valence-electron chi connectivity index (χ0n) is 21.9. The number of phenols is 1. The van der Waals surface area contributed by atoms with Gasteiger partial charge in [-0.05, 0) is 42.7 Å². The molecule has 0 aliphatic carbocycles. The second kappa shape index (κ2) is 11.1. The molecule has 0 saturated carbocycles. The van der Waals surface area contributed by atoms with Gasteiger partial charge in [0.05, 0.1) is 22.3 Å². The molecule has 0 amide bonds. The van der Waals surface area contributed by atoms with Crippen LogP contribution in [0.5, 0.6) is 5.75 Å². The van der Waals surface area contributed by atoms with Crippen LogP contribution in [0.1, 0.15) is 5.82 Å². The number of rotatable bonds is 8. The van der Waals surface area contributed by atoms with E-state index in [-0.39, 0.29) is 22.0 Å². The molecule has 5 rings (SSSR count). The maximum atomic E-state index is 11.8. The van der Waals surface area contributed by atoms with E-state index in [2.05, 4.69) is 49.5 Å². The molecule has 0 radical (unpaired) electrons. The first-order chi connectivity index (χ1) is 19.5. The van der Waals surface area contributed by atoms with Gasteiger partial charge in [-0.15, -0.1) is 30.7 Å². The van der Waals surface area contributed by atoms with Gasteiger partial charge in [-0.2, -0.15) is 13.8 Å². The monoisotopic (exact) mass is 611 g/mol. The van der Waals surface area contributed by atoms with Gasteiger partial charge in [-0.25, -0.2) is 23.2 Å². The lowest BCUT2D eigenvalue weighted by atomic mass is 10.1. The molecule has 0 aliphatic rings. The second-order valence-corrected chi connectivity index (χ2v) is 11.6. The Morgan fingerprint density at radius 3 is 2.41 bits per heavy atom. The van der Waals surface area contributed by atoms with Crippen LogP contribution in [0.3, 0.4) is 0 Å². The highest BCUT2D eigenvalue weighted by Gasteiger charge is 2.21. The molecule has 0 atom stereocenters. The molecule has 2 aromatic carbocycles. The Hall–Kier alpha value is -4.59. The molecular formula is C22H21N13O3S3. The summed E-state index contributed by atoms with van der Waals surface area (Å²) < 4.78 is 33.6. The van der Waals surface area contributed by atoms with Crippen molar-refractivity contribution in [2.45, 2.75) is 11.8 Å².